The summed E-state index contributed by atoms with van der Waals surface area (Å²) in [6, 6.07) is 11.4. The molecule has 2 rings (SSSR count). The summed E-state index contributed by atoms with van der Waals surface area (Å²) < 4.78 is 5.76. The number of hydrogen-bond donors (Lipinski definition) is 2. The quantitative estimate of drug-likeness (QED) is 0.839. The number of aliphatic hydroxyl groups excluding tert-OH is 1. The van der Waals surface area contributed by atoms with Gasteiger partial charge < -0.3 is 15.6 Å². The lowest BCUT2D eigenvalue weighted by Gasteiger charge is -2.17. The molecule has 20 heavy (non-hydrogen) atoms. The molecule has 0 radical (unpaired) electrons. The monoisotopic (exact) mass is 271 g/mol. The molecular formula is C17H21NO2. The lowest BCUT2D eigenvalue weighted by atomic mass is 10.1. The molecule has 1 unspecified atom stereocenters. The van der Waals surface area contributed by atoms with E-state index < -0.39 is 6.10 Å². The Balaban J connectivity index is 2.11. The zero-order valence-electron chi connectivity index (χ0n) is 12.2. The van der Waals surface area contributed by atoms with Crippen molar-refractivity contribution in [3.63, 3.8) is 0 Å². The third-order valence-corrected chi connectivity index (χ3v) is 3.52. The summed E-state index contributed by atoms with van der Waals surface area (Å²) in [7, 11) is 0. The van der Waals surface area contributed by atoms with E-state index >= 15 is 0 Å². The van der Waals surface area contributed by atoms with Crippen molar-refractivity contribution >= 4 is 5.69 Å². The first-order valence-corrected chi connectivity index (χ1v) is 6.72. The number of benzene rings is 2. The Morgan fingerprint density at radius 3 is 2.55 bits per heavy atom. The molecule has 0 spiro atoms. The summed E-state index contributed by atoms with van der Waals surface area (Å²) in [5.41, 5.74) is 10.6. The minimum absolute atomic E-state index is 0.192. The molecule has 0 fully saturated rings. The van der Waals surface area contributed by atoms with Gasteiger partial charge in [0.2, 0.25) is 0 Å². The van der Waals surface area contributed by atoms with Crippen molar-refractivity contribution in [2.45, 2.75) is 26.9 Å². The molecule has 0 heterocycles. The van der Waals surface area contributed by atoms with Crippen molar-refractivity contribution in [3.05, 3.63) is 58.7 Å². The Kier molecular flexibility index (Phi) is 4.30. The van der Waals surface area contributed by atoms with Gasteiger partial charge in [0, 0.05) is 11.3 Å². The number of hydrogen-bond acceptors (Lipinski definition) is 3. The van der Waals surface area contributed by atoms with Gasteiger partial charge in [-0.25, -0.2) is 0 Å². The van der Waals surface area contributed by atoms with E-state index in [1.54, 1.807) is 6.07 Å². The molecule has 0 aliphatic carbocycles. The number of anilines is 1. The largest absolute Gasteiger partial charge is 0.490 e. The van der Waals surface area contributed by atoms with Crippen molar-refractivity contribution in [3.8, 4) is 5.75 Å². The number of para-hydroxylation sites is 1. The summed E-state index contributed by atoms with van der Waals surface area (Å²) in [6.45, 7) is 6.30. The molecule has 0 aromatic heterocycles. The van der Waals surface area contributed by atoms with Crippen LogP contribution in [0.4, 0.5) is 5.69 Å². The van der Waals surface area contributed by atoms with Crippen LogP contribution < -0.4 is 10.5 Å². The standard InChI is InChI=1S/C17H21NO2/c1-11-8-12(2)13(3)17(9-11)20-10-16(19)14-6-4-5-7-15(14)18/h4-9,16,19H,10,18H2,1-3H3. The van der Waals surface area contributed by atoms with Gasteiger partial charge in [0.1, 0.15) is 18.5 Å². The predicted octanol–water partition coefficient (Wildman–Crippen LogP) is 3.31. The second kappa shape index (κ2) is 5.97. The minimum Gasteiger partial charge on any atom is -0.490 e. The molecule has 1 atom stereocenters. The van der Waals surface area contributed by atoms with Gasteiger partial charge in [-0.2, -0.15) is 0 Å². The highest BCUT2D eigenvalue weighted by Gasteiger charge is 2.12. The molecular weight excluding hydrogens is 250 g/mol. The molecule has 0 amide bonds. The molecule has 3 nitrogen and oxygen atoms in total. The van der Waals surface area contributed by atoms with Crippen LogP contribution in [0.3, 0.4) is 0 Å². The smallest absolute Gasteiger partial charge is 0.122 e. The van der Waals surface area contributed by atoms with Crippen LogP contribution in [-0.4, -0.2) is 11.7 Å². The van der Waals surface area contributed by atoms with Crippen LogP contribution in [0.1, 0.15) is 28.4 Å². The molecule has 0 aliphatic heterocycles. The summed E-state index contributed by atoms with van der Waals surface area (Å²) >= 11 is 0. The van der Waals surface area contributed by atoms with Gasteiger partial charge in [-0.3, -0.25) is 0 Å². The minimum atomic E-state index is -0.726. The van der Waals surface area contributed by atoms with Crippen LogP contribution in [0, 0.1) is 20.8 Å². The normalized spacial score (nSPS) is 12.2. The molecule has 0 bridgehead atoms. The number of nitrogens with two attached hydrogens (primary N) is 1. The molecule has 2 aromatic rings. The number of aryl methyl sites for hydroxylation is 2. The van der Waals surface area contributed by atoms with Crippen LogP contribution in [0.2, 0.25) is 0 Å². The Hall–Kier alpha value is -2.00. The first-order chi connectivity index (χ1) is 9.49. The first kappa shape index (κ1) is 14.4. The Morgan fingerprint density at radius 2 is 1.85 bits per heavy atom. The third kappa shape index (κ3) is 3.11. The highest BCUT2D eigenvalue weighted by molar-refractivity contribution is 5.48. The zero-order valence-corrected chi connectivity index (χ0v) is 12.2. The van der Waals surface area contributed by atoms with Crippen molar-refractivity contribution in [1.82, 2.24) is 0 Å². The average molecular weight is 271 g/mol. The molecule has 3 N–H and O–H groups in total. The topological polar surface area (TPSA) is 55.5 Å². The maximum atomic E-state index is 10.2. The molecule has 3 heteroatoms. The van der Waals surface area contributed by atoms with E-state index in [-0.39, 0.29) is 6.61 Å². The number of aliphatic hydroxyl groups is 1. The van der Waals surface area contributed by atoms with E-state index in [2.05, 4.69) is 13.0 Å². The van der Waals surface area contributed by atoms with Crippen LogP contribution in [0.5, 0.6) is 5.75 Å². The molecule has 0 saturated carbocycles. The van der Waals surface area contributed by atoms with E-state index in [4.69, 9.17) is 10.5 Å². The Morgan fingerprint density at radius 1 is 1.15 bits per heavy atom. The predicted molar refractivity (Wildman–Crippen MR) is 82.0 cm³/mol. The number of ether oxygens (including phenoxy) is 1. The van der Waals surface area contributed by atoms with Crippen molar-refractivity contribution in [2.75, 3.05) is 12.3 Å². The average Bonchev–Trinajstić information content (AvgIpc) is 2.41. The van der Waals surface area contributed by atoms with Gasteiger partial charge in [-0.15, -0.1) is 0 Å². The fourth-order valence-corrected chi connectivity index (χ4v) is 2.22. The van der Waals surface area contributed by atoms with E-state index in [1.165, 1.54) is 5.56 Å². The van der Waals surface area contributed by atoms with Crippen molar-refractivity contribution in [1.29, 1.82) is 0 Å². The van der Waals surface area contributed by atoms with Crippen LogP contribution in [-0.2, 0) is 0 Å². The third-order valence-electron chi connectivity index (χ3n) is 3.52. The Labute approximate surface area is 120 Å². The number of rotatable bonds is 4. The van der Waals surface area contributed by atoms with Crippen molar-refractivity contribution in [2.24, 2.45) is 0 Å². The maximum Gasteiger partial charge on any atom is 0.122 e. The maximum absolute atomic E-state index is 10.2. The van der Waals surface area contributed by atoms with Crippen molar-refractivity contribution < 1.29 is 9.84 Å². The van der Waals surface area contributed by atoms with E-state index in [0.717, 1.165) is 16.9 Å². The Bertz CT molecular complexity index is 608. The van der Waals surface area contributed by atoms with Crippen LogP contribution >= 0.6 is 0 Å². The van der Waals surface area contributed by atoms with Crippen LogP contribution in [0.15, 0.2) is 36.4 Å². The summed E-state index contributed by atoms with van der Waals surface area (Å²) in [4.78, 5) is 0. The van der Waals surface area contributed by atoms with E-state index in [1.807, 2.05) is 38.1 Å². The van der Waals surface area contributed by atoms with Gasteiger partial charge in [0.15, 0.2) is 0 Å². The molecule has 106 valence electrons. The van der Waals surface area contributed by atoms with Gasteiger partial charge in [-0.1, -0.05) is 24.3 Å². The molecule has 0 saturated heterocycles. The fraction of sp³-hybridized carbons (Fsp3) is 0.294. The second-order valence-corrected chi connectivity index (χ2v) is 5.16. The van der Waals surface area contributed by atoms with Crippen LogP contribution in [0.25, 0.3) is 0 Å². The first-order valence-electron chi connectivity index (χ1n) is 6.72. The lowest BCUT2D eigenvalue weighted by molar-refractivity contribution is 0.108. The lowest BCUT2D eigenvalue weighted by Crippen LogP contribution is -2.12. The zero-order chi connectivity index (χ0) is 14.7. The molecule has 0 aliphatic rings. The van der Waals surface area contributed by atoms with E-state index in [9.17, 15) is 5.11 Å². The van der Waals surface area contributed by atoms with Gasteiger partial charge in [-0.05, 0) is 49.6 Å². The summed E-state index contributed by atoms with van der Waals surface area (Å²) in [5.74, 6) is 0.816. The highest BCUT2D eigenvalue weighted by Crippen LogP contribution is 2.26. The van der Waals surface area contributed by atoms with Gasteiger partial charge in [0.05, 0.1) is 0 Å². The number of nitrogen functional groups attached to an aromatic ring is 1. The summed E-state index contributed by atoms with van der Waals surface area (Å²) in [6.07, 6.45) is -0.726. The van der Waals surface area contributed by atoms with E-state index in [0.29, 0.717) is 11.3 Å². The highest BCUT2D eigenvalue weighted by atomic mass is 16.5. The van der Waals surface area contributed by atoms with Gasteiger partial charge in [0.25, 0.3) is 0 Å². The van der Waals surface area contributed by atoms with Gasteiger partial charge >= 0.3 is 0 Å². The summed E-state index contributed by atoms with van der Waals surface area (Å²) in [5, 5.41) is 10.2. The fourth-order valence-electron chi connectivity index (χ4n) is 2.22. The SMILES string of the molecule is Cc1cc(C)c(C)c(OCC(O)c2ccccc2N)c1. The second-order valence-electron chi connectivity index (χ2n) is 5.16. The molecule has 2 aromatic carbocycles.